The molecular weight excluding hydrogens is 238 g/mol. The molecule has 0 bridgehead atoms. The lowest BCUT2D eigenvalue weighted by molar-refractivity contribution is 0.102. The number of aromatic nitrogens is 2. The molecular formula is C15H13N3O. The largest absolute Gasteiger partial charge is 0.321 e. The Labute approximate surface area is 110 Å². The molecule has 0 atom stereocenters. The van der Waals surface area contributed by atoms with Crippen molar-refractivity contribution in [1.82, 2.24) is 9.61 Å². The van der Waals surface area contributed by atoms with E-state index in [0.717, 1.165) is 16.8 Å². The van der Waals surface area contributed by atoms with E-state index in [4.69, 9.17) is 0 Å². The third-order valence-corrected chi connectivity index (χ3v) is 2.88. The van der Waals surface area contributed by atoms with Gasteiger partial charge in [-0.3, -0.25) is 4.79 Å². The number of fused-ring (bicyclic) bond motifs is 1. The van der Waals surface area contributed by atoms with Gasteiger partial charge < -0.3 is 5.32 Å². The lowest BCUT2D eigenvalue weighted by Crippen LogP contribution is -2.12. The molecule has 0 fully saturated rings. The summed E-state index contributed by atoms with van der Waals surface area (Å²) in [6, 6.07) is 15.2. The highest BCUT2D eigenvalue weighted by atomic mass is 16.1. The molecule has 3 aromatic rings. The summed E-state index contributed by atoms with van der Waals surface area (Å²) in [6.45, 7) is 1.99. The zero-order valence-corrected chi connectivity index (χ0v) is 10.5. The Bertz CT molecular complexity index is 713. The number of rotatable bonds is 2. The third kappa shape index (κ3) is 2.33. The summed E-state index contributed by atoms with van der Waals surface area (Å²) in [5.74, 6) is -0.200. The van der Waals surface area contributed by atoms with Crippen LogP contribution in [0.5, 0.6) is 0 Å². The van der Waals surface area contributed by atoms with Crippen molar-refractivity contribution in [2.24, 2.45) is 0 Å². The van der Waals surface area contributed by atoms with Crippen molar-refractivity contribution >= 4 is 17.1 Å². The zero-order valence-electron chi connectivity index (χ0n) is 10.5. The van der Waals surface area contributed by atoms with E-state index in [1.54, 1.807) is 10.6 Å². The first-order chi connectivity index (χ1) is 9.22. The molecule has 4 nitrogen and oxygen atoms in total. The Morgan fingerprint density at radius 1 is 1.16 bits per heavy atom. The molecule has 1 aromatic carbocycles. The average Bonchev–Trinajstić information content (AvgIpc) is 2.82. The molecule has 1 N–H and O–H groups in total. The number of nitrogens with zero attached hydrogens (tertiary/aromatic N) is 2. The summed E-state index contributed by atoms with van der Waals surface area (Å²) in [4.78, 5) is 12.1. The Balaban J connectivity index is 1.87. The lowest BCUT2D eigenvalue weighted by Gasteiger charge is -2.03. The number of carbonyl (C=O) groups is 1. The van der Waals surface area contributed by atoms with E-state index in [0.29, 0.717) is 5.69 Å². The summed E-state index contributed by atoms with van der Waals surface area (Å²) in [7, 11) is 0. The van der Waals surface area contributed by atoms with Crippen molar-refractivity contribution < 1.29 is 4.79 Å². The Hall–Kier alpha value is -2.62. The summed E-state index contributed by atoms with van der Waals surface area (Å²) in [5.41, 5.74) is 3.19. The molecule has 2 aromatic heterocycles. The van der Waals surface area contributed by atoms with Gasteiger partial charge in [0.1, 0.15) is 0 Å². The first kappa shape index (κ1) is 11.5. The summed E-state index contributed by atoms with van der Waals surface area (Å²) < 4.78 is 1.69. The Kier molecular flexibility index (Phi) is 2.76. The molecule has 3 rings (SSSR count). The summed E-state index contributed by atoms with van der Waals surface area (Å²) in [5, 5.41) is 7.08. The Morgan fingerprint density at radius 3 is 2.84 bits per heavy atom. The van der Waals surface area contributed by atoms with Crippen LogP contribution in [-0.4, -0.2) is 15.5 Å². The molecule has 1 amide bonds. The van der Waals surface area contributed by atoms with Gasteiger partial charge in [-0.1, -0.05) is 18.2 Å². The second-order valence-corrected chi connectivity index (χ2v) is 4.42. The molecule has 0 unspecified atom stereocenters. The van der Waals surface area contributed by atoms with Crippen LogP contribution < -0.4 is 5.32 Å². The van der Waals surface area contributed by atoms with E-state index < -0.39 is 0 Å². The SMILES string of the molecule is Cc1cccc(NC(=O)c2cc3ccccn3n2)c1. The predicted molar refractivity (Wildman–Crippen MR) is 74.3 cm³/mol. The number of nitrogens with one attached hydrogen (secondary N) is 1. The van der Waals surface area contributed by atoms with Crippen LogP contribution in [0.4, 0.5) is 5.69 Å². The second kappa shape index (κ2) is 4.57. The normalized spacial score (nSPS) is 10.6. The van der Waals surface area contributed by atoms with Crippen LogP contribution in [0.25, 0.3) is 5.52 Å². The van der Waals surface area contributed by atoms with Crippen LogP contribution in [0.2, 0.25) is 0 Å². The van der Waals surface area contributed by atoms with Crippen LogP contribution >= 0.6 is 0 Å². The number of hydrogen-bond acceptors (Lipinski definition) is 2. The van der Waals surface area contributed by atoms with Crippen molar-refractivity contribution in [2.75, 3.05) is 5.32 Å². The smallest absolute Gasteiger partial charge is 0.276 e. The number of pyridine rings is 1. The highest BCUT2D eigenvalue weighted by Crippen LogP contribution is 2.12. The summed E-state index contributed by atoms with van der Waals surface area (Å²) in [6.07, 6.45) is 1.82. The molecule has 0 saturated carbocycles. The molecule has 0 spiro atoms. The van der Waals surface area contributed by atoms with Crippen LogP contribution in [0.3, 0.4) is 0 Å². The van der Waals surface area contributed by atoms with Crippen molar-refractivity contribution in [3.8, 4) is 0 Å². The minimum atomic E-state index is -0.200. The Morgan fingerprint density at radius 2 is 2.05 bits per heavy atom. The van der Waals surface area contributed by atoms with Crippen molar-refractivity contribution in [2.45, 2.75) is 6.92 Å². The highest BCUT2D eigenvalue weighted by molar-refractivity contribution is 6.03. The van der Waals surface area contributed by atoms with Crippen LogP contribution in [0, 0.1) is 6.92 Å². The number of aryl methyl sites for hydroxylation is 1. The minimum absolute atomic E-state index is 0.200. The topological polar surface area (TPSA) is 46.4 Å². The first-order valence-electron chi connectivity index (χ1n) is 6.05. The number of hydrogen-bond donors (Lipinski definition) is 1. The number of carbonyl (C=O) groups excluding carboxylic acids is 1. The maximum absolute atomic E-state index is 12.1. The van der Waals surface area contributed by atoms with Gasteiger partial charge in [0.25, 0.3) is 5.91 Å². The second-order valence-electron chi connectivity index (χ2n) is 4.42. The van der Waals surface area contributed by atoms with Gasteiger partial charge in [-0.25, -0.2) is 4.52 Å². The van der Waals surface area contributed by atoms with Crippen molar-refractivity contribution in [3.05, 3.63) is 66.0 Å². The first-order valence-corrected chi connectivity index (χ1v) is 6.05. The molecule has 0 aliphatic rings. The number of benzene rings is 1. The molecule has 0 aliphatic heterocycles. The predicted octanol–water partition coefficient (Wildman–Crippen LogP) is 2.90. The minimum Gasteiger partial charge on any atom is -0.321 e. The number of anilines is 1. The molecule has 2 heterocycles. The van der Waals surface area contributed by atoms with E-state index in [1.165, 1.54) is 0 Å². The fourth-order valence-electron chi connectivity index (χ4n) is 1.97. The van der Waals surface area contributed by atoms with Crippen LogP contribution in [0.1, 0.15) is 16.1 Å². The van der Waals surface area contributed by atoms with E-state index in [2.05, 4.69) is 10.4 Å². The van der Waals surface area contributed by atoms with E-state index in [9.17, 15) is 4.79 Å². The fourth-order valence-corrected chi connectivity index (χ4v) is 1.97. The molecule has 0 aliphatic carbocycles. The maximum Gasteiger partial charge on any atom is 0.276 e. The maximum atomic E-state index is 12.1. The van der Waals surface area contributed by atoms with Gasteiger partial charge >= 0.3 is 0 Å². The molecule has 19 heavy (non-hydrogen) atoms. The van der Waals surface area contributed by atoms with Gasteiger partial charge in [-0.05, 0) is 42.8 Å². The van der Waals surface area contributed by atoms with Crippen molar-refractivity contribution in [1.29, 1.82) is 0 Å². The van der Waals surface area contributed by atoms with Crippen LogP contribution in [0.15, 0.2) is 54.7 Å². The lowest BCUT2D eigenvalue weighted by atomic mass is 10.2. The summed E-state index contributed by atoms with van der Waals surface area (Å²) >= 11 is 0. The van der Waals surface area contributed by atoms with Gasteiger partial charge in [0.2, 0.25) is 0 Å². The average molecular weight is 251 g/mol. The molecule has 0 radical (unpaired) electrons. The quantitative estimate of drug-likeness (QED) is 0.761. The van der Waals surface area contributed by atoms with Gasteiger partial charge in [0.15, 0.2) is 5.69 Å². The van der Waals surface area contributed by atoms with Gasteiger partial charge in [-0.2, -0.15) is 5.10 Å². The van der Waals surface area contributed by atoms with Crippen LogP contribution in [-0.2, 0) is 0 Å². The highest BCUT2D eigenvalue weighted by Gasteiger charge is 2.10. The number of amides is 1. The monoisotopic (exact) mass is 251 g/mol. The van der Waals surface area contributed by atoms with Gasteiger partial charge in [0, 0.05) is 11.9 Å². The van der Waals surface area contributed by atoms with E-state index in [-0.39, 0.29) is 5.91 Å². The fraction of sp³-hybridized carbons (Fsp3) is 0.0667. The van der Waals surface area contributed by atoms with Gasteiger partial charge in [-0.15, -0.1) is 0 Å². The van der Waals surface area contributed by atoms with Crippen molar-refractivity contribution in [3.63, 3.8) is 0 Å². The third-order valence-electron chi connectivity index (χ3n) is 2.88. The van der Waals surface area contributed by atoms with E-state index in [1.807, 2.05) is 55.6 Å². The van der Waals surface area contributed by atoms with E-state index >= 15 is 0 Å². The molecule has 0 saturated heterocycles. The molecule has 94 valence electrons. The standard InChI is InChI=1S/C15H13N3O/c1-11-5-4-6-12(9-11)16-15(19)14-10-13-7-2-3-8-18(13)17-14/h2-10H,1H3,(H,16,19). The molecule has 4 heteroatoms. The zero-order chi connectivity index (χ0) is 13.2. The van der Waals surface area contributed by atoms with Gasteiger partial charge in [0.05, 0.1) is 5.52 Å².